The number of fused-ring (bicyclic) bond motifs is 1. The number of aliphatic hydroxyl groups is 1. The quantitative estimate of drug-likeness (QED) is 0.239. The summed E-state index contributed by atoms with van der Waals surface area (Å²) in [6.07, 6.45) is 0.876. The molecule has 0 radical (unpaired) electrons. The van der Waals surface area contributed by atoms with E-state index in [-0.39, 0.29) is 16.9 Å². The van der Waals surface area contributed by atoms with Crippen molar-refractivity contribution < 1.29 is 19.1 Å². The van der Waals surface area contributed by atoms with Crippen LogP contribution < -0.4 is 4.90 Å². The zero-order chi connectivity index (χ0) is 22.4. The third-order valence-corrected chi connectivity index (χ3v) is 7.37. The number of aryl methyl sites for hydroxylation is 1. The molecule has 1 aliphatic heterocycles. The van der Waals surface area contributed by atoms with Crippen LogP contribution in [0.1, 0.15) is 29.0 Å². The van der Waals surface area contributed by atoms with E-state index in [4.69, 9.17) is 0 Å². The zero-order valence-electron chi connectivity index (χ0n) is 16.9. The predicted molar refractivity (Wildman–Crippen MR) is 124 cm³/mol. The number of carbonyl (C=O) groups excluding carboxylic acids is 2. The summed E-state index contributed by atoms with van der Waals surface area (Å²) >= 11 is 2.71. The van der Waals surface area contributed by atoms with Gasteiger partial charge >= 0.3 is 5.91 Å². The van der Waals surface area contributed by atoms with Crippen LogP contribution in [0.4, 0.5) is 9.52 Å². The average molecular weight is 465 g/mol. The Balaban J connectivity index is 1.69. The number of amides is 1. The van der Waals surface area contributed by atoms with Gasteiger partial charge in [-0.1, -0.05) is 30.4 Å². The van der Waals surface area contributed by atoms with Crippen molar-refractivity contribution in [1.82, 2.24) is 4.98 Å². The lowest BCUT2D eigenvalue weighted by Crippen LogP contribution is -2.28. The molecule has 1 atom stereocenters. The number of halogens is 1. The number of hydrogen-bond donors (Lipinski definition) is 1. The Bertz CT molecular complexity index is 1370. The van der Waals surface area contributed by atoms with Crippen LogP contribution in [0.25, 0.3) is 16.0 Å². The molecule has 8 heteroatoms. The first-order chi connectivity index (χ1) is 15.5. The maximum absolute atomic E-state index is 13.4. The Morgan fingerprint density at radius 2 is 1.94 bits per heavy atom. The SMILES string of the molecule is CCc1ccc2nc(N3C(=O)C(=O)C(=C(O)c4ccc(F)cc4)[C@H]3c3cccs3)sc2c1. The van der Waals surface area contributed by atoms with E-state index in [0.717, 1.165) is 27.1 Å². The number of thiazole rings is 1. The lowest BCUT2D eigenvalue weighted by molar-refractivity contribution is -0.132. The van der Waals surface area contributed by atoms with Crippen molar-refractivity contribution in [3.05, 3.63) is 87.4 Å². The molecule has 2 aromatic carbocycles. The molecule has 32 heavy (non-hydrogen) atoms. The normalized spacial score (nSPS) is 18.1. The summed E-state index contributed by atoms with van der Waals surface area (Å²) in [6.45, 7) is 2.06. The standard InChI is InChI=1S/C24H17FN2O3S2/c1-2-13-5-10-16-18(12-13)32-24(26-16)27-20(17-4-3-11-31-17)19(22(29)23(27)30)21(28)14-6-8-15(25)9-7-14/h3-12,20,28H,2H2,1H3/t20-/m1/s1. The van der Waals surface area contributed by atoms with Crippen molar-refractivity contribution in [2.45, 2.75) is 19.4 Å². The predicted octanol–water partition coefficient (Wildman–Crippen LogP) is 5.69. The molecule has 3 heterocycles. The van der Waals surface area contributed by atoms with E-state index in [1.807, 2.05) is 35.7 Å². The smallest absolute Gasteiger partial charge is 0.301 e. The van der Waals surface area contributed by atoms with E-state index in [1.165, 1.54) is 51.8 Å². The molecule has 1 saturated heterocycles. The Morgan fingerprint density at radius 3 is 2.62 bits per heavy atom. The van der Waals surface area contributed by atoms with Gasteiger partial charge in [0.05, 0.1) is 15.8 Å². The molecule has 0 unspecified atom stereocenters. The fraction of sp³-hybridized carbons (Fsp3) is 0.125. The van der Waals surface area contributed by atoms with Crippen LogP contribution in [0.15, 0.2) is 65.6 Å². The van der Waals surface area contributed by atoms with Crippen LogP contribution in [0.2, 0.25) is 0 Å². The number of anilines is 1. The highest BCUT2D eigenvalue weighted by Crippen LogP contribution is 2.45. The minimum absolute atomic E-state index is 0.0300. The van der Waals surface area contributed by atoms with Crippen LogP contribution in [0.3, 0.4) is 0 Å². The second kappa shape index (κ2) is 7.96. The monoisotopic (exact) mass is 464 g/mol. The highest BCUT2D eigenvalue weighted by atomic mass is 32.1. The molecule has 5 nitrogen and oxygen atoms in total. The van der Waals surface area contributed by atoms with Gasteiger partial charge in [-0.15, -0.1) is 11.3 Å². The topological polar surface area (TPSA) is 70.5 Å². The van der Waals surface area contributed by atoms with E-state index in [0.29, 0.717) is 5.13 Å². The van der Waals surface area contributed by atoms with Crippen LogP contribution in [0.5, 0.6) is 0 Å². The van der Waals surface area contributed by atoms with Gasteiger partial charge in [0.25, 0.3) is 5.78 Å². The molecule has 160 valence electrons. The van der Waals surface area contributed by atoms with Gasteiger partial charge in [0.15, 0.2) is 5.13 Å². The number of thiophene rings is 1. The summed E-state index contributed by atoms with van der Waals surface area (Å²) in [6, 6.07) is 13.9. The number of nitrogens with zero attached hydrogens (tertiary/aromatic N) is 2. The van der Waals surface area contributed by atoms with Gasteiger partial charge in [0, 0.05) is 10.4 Å². The average Bonchev–Trinajstić information content (AvgIpc) is 3.52. The molecule has 1 amide bonds. The molecule has 4 aromatic rings. The number of rotatable bonds is 4. The number of hydrogen-bond acceptors (Lipinski definition) is 6. The van der Waals surface area contributed by atoms with Crippen molar-refractivity contribution in [3.8, 4) is 0 Å². The van der Waals surface area contributed by atoms with Gasteiger partial charge < -0.3 is 5.11 Å². The molecular weight excluding hydrogens is 447 g/mol. The molecule has 0 saturated carbocycles. The molecule has 0 aliphatic carbocycles. The van der Waals surface area contributed by atoms with E-state index >= 15 is 0 Å². The van der Waals surface area contributed by atoms with Gasteiger partial charge in [0.2, 0.25) is 0 Å². The third-order valence-electron chi connectivity index (χ3n) is 5.43. The van der Waals surface area contributed by atoms with Crippen molar-refractivity contribution in [3.63, 3.8) is 0 Å². The number of Topliss-reactive ketones (excluding diaryl/α,β-unsaturated/α-hetero) is 1. The summed E-state index contributed by atoms with van der Waals surface area (Å²) in [5.74, 6) is -2.34. The molecule has 0 spiro atoms. The van der Waals surface area contributed by atoms with Gasteiger partial charge in [-0.05, 0) is 59.8 Å². The second-order valence-electron chi connectivity index (χ2n) is 7.34. The third kappa shape index (κ3) is 3.32. The van der Waals surface area contributed by atoms with E-state index in [2.05, 4.69) is 11.9 Å². The number of ketones is 1. The summed E-state index contributed by atoms with van der Waals surface area (Å²) in [7, 11) is 0. The minimum Gasteiger partial charge on any atom is -0.507 e. The number of aliphatic hydroxyl groups excluding tert-OH is 1. The van der Waals surface area contributed by atoms with Crippen LogP contribution >= 0.6 is 22.7 Å². The molecule has 1 aliphatic rings. The second-order valence-corrected chi connectivity index (χ2v) is 9.33. The molecular formula is C24H17FN2O3S2. The Labute approximate surface area is 191 Å². The van der Waals surface area contributed by atoms with E-state index in [9.17, 15) is 19.1 Å². The van der Waals surface area contributed by atoms with Crippen LogP contribution in [-0.2, 0) is 16.0 Å². The van der Waals surface area contributed by atoms with E-state index in [1.54, 1.807) is 0 Å². The molecule has 1 fully saturated rings. The Hall–Kier alpha value is -3.36. The highest BCUT2D eigenvalue weighted by Gasteiger charge is 2.48. The fourth-order valence-corrected chi connectivity index (χ4v) is 5.67. The summed E-state index contributed by atoms with van der Waals surface area (Å²) < 4.78 is 14.3. The number of benzene rings is 2. The maximum atomic E-state index is 13.4. The largest absolute Gasteiger partial charge is 0.507 e. The molecule has 0 bridgehead atoms. The first kappa shape index (κ1) is 20.5. The minimum atomic E-state index is -0.814. The summed E-state index contributed by atoms with van der Waals surface area (Å²) in [5.41, 5.74) is 2.13. The van der Waals surface area contributed by atoms with Crippen LogP contribution in [-0.4, -0.2) is 21.8 Å². The van der Waals surface area contributed by atoms with Crippen molar-refractivity contribution in [2.24, 2.45) is 0 Å². The van der Waals surface area contributed by atoms with Gasteiger partial charge in [-0.25, -0.2) is 9.37 Å². The first-order valence-electron chi connectivity index (χ1n) is 9.97. The fourth-order valence-electron chi connectivity index (χ4n) is 3.79. The molecule has 1 N–H and O–H groups in total. The molecule has 2 aromatic heterocycles. The number of carbonyl (C=O) groups is 2. The van der Waals surface area contributed by atoms with Gasteiger partial charge in [-0.2, -0.15) is 0 Å². The lowest BCUT2D eigenvalue weighted by Gasteiger charge is -2.21. The first-order valence-corrected chi connectivity index (χ1v) is 11.7. The number of aromatic nitrogens is 1. The summed E-state index contributed by atoms with van der Waals surface area (Å²) in [5, 5.41) is 13.2. The van der Waals surface area contributed by atoms with Gasteiger partial charge in [0.1, 0.15) is 17.6 Å². The van der Waals surface area contributed by atoms with E-state index < -0.39 is 23.5 Å². The van der Waals surface area contributed by atoms with Crippen molar-refractivity contribution in [1.29, 1.82) is 0 Å². The Morgan fingerprint density at radius 1 is 1.16 bits per heavy atom. The maximum Gasteiger partial charge on any atom is 0.301 e. The van der Waals surface area contributed by atoms with Gasteiger partial charge in [-0.3, -0.25) is 14.5 Å². The molecule has 5 rings (SSSR count). The van der Waals surface area contributed by atoms with Crippen LogP contribution in [0, 0.1) is 5.82 Å². The Kier molecular flexibility index (Phi) is 5.11. The van der Waals surface area contributed by atoms with Crippen molar-refractivity contribution >= 4 is 55.5 Å². The summed E-state index contributed by atoms with van der Waals surface area (Å²) in [4.78, 5) is 32.9. The highest BCUT2D eigenvalue weighted by molar-refractivity contribution is 7.22. The van der Waals surface area contributed by atoms with Crippen molar-refractivity contribution in [2.75, 3.05) is 4.90 Å². The lowest BCUT2D eigenvalue weighted by atomic mass is 10.00. The zero-order valence-corrected chi connectivity index (χ0v) is 18.5.